The highest BCUT2D eigenvalue weighted by atomic mass is 16.2. The zero-order chi connectivity index (χ0) is 19.9. The molecule has 0 atom stereocenters. The SMILES string of the molecule is O=C(NCc1cccc(Cn2cccn2)c1)NC1CCN(c2ccccn2)CC1. The summed E-state index contributed by atoms with van der Waals surface area (Å²) in [5.74, 6) is 1.00. The summed E-state index contributed by atoms with van der Waals surface area (Å²) >= 11 is 0. The molecule has 0 saturated carbocycles. The van der Waals surface area contributed by atoms with E-state index in [-0.39, 0.29) is 12.1 Å². The quantitative estimate of drug-likeness (QED) is 0.679. The Balaban J connectivity index is 1.22. The number of nitrogens with zero attached hydrogens (tertiary/aromatic N) is 4. The molecule has 7 heteroatoms. The minimum Gasteiger partial charge on any atom is -0.356 e. The first-order valence-electron chi connectivity index (χ1n) is 10.0. The average molecular weight is 390 g/mol. The summed E-state index contributed by atoms with van der Waals surface area (Å²) < 4.78 is 1.89. The Bertz CT molecular complexity index is 904. The number of urea groups is 1. The lowest BCUT2D eigenvalue weighted by atomic mass is 10.1. The number of anilines is 1. The molecule has 1 aliphatic heterocycles. The van der Waals surface area contributed by atoms with Crippen LogP contribution >= 0.6 is 0 Å². The van der Waals surface area contributed by atoms with Crippen LogP contribution in [0.2, 0.25) is 0 Å². The molecule has 29 heavy (non-hydrogen) atoms. The third-order valence-electron chi connectivity index (χ3n) is 5.15. The van der Waals surface area contributed by atoms with Gasteiger partial charge in [-0.1, -0.05) is 30.3 Å². The number of pyridine rings is 1. The van der Waals surface area contributed by atoms with Gasteiger partial charge in [-0.15, -0.1) is 0 Å². The van der Waals surface area contributed by atoms with Crippen molar-refractivity contribution >= 4 is 11.8 Å². The van der Waals surface area contributed by atoms with Crippen LogP contribution in [0.1, 0.15) is 24.0 Å². The minimum absolute atomic E-state index is 0.112. The van der Waals surface area contributed by atoms with Crippen LogP contribution in [0.3, 0.4) is 0 Å². The third kappa shape index (κ3) is 5.34. The highest BCUT2D eigenvalue weighted by Gasteiger charge is 2.21. The molecule has 2 N–H and O–H groups in total. The van der Waals surface area contributed by atoms with E-state index in [0.717, 1.165) is 49.4 Å². The van der Waals surface area contributed by atoms with Gasteiger partial charge in [-0.25, -0.2) is 9.78 Å². The minimum atomic E-state index is -0.112. The van der Waals surface area contributed by atoms with E-state index in [9.17, 15) is 4.79 Å². The van der Waals surface area contributed by atoms with Crippen molar-refractivity contribution in [2.75, 3.05) is 18.0 Å². The van der Waals surface area contributed by atoms with Gasteiger partial charge < -0.3 is 15.5 Å². The lowest BCUT2D eigenvalue weighted by Gasteiger charge is -2.33. The predicted molar refractivity (Wildman–Crippen MR) is 113 cm³/mol. The lowest BCUT2D eigenvalue weighted by Crippen LogP contribution is -2.48. The van der Waals surface area contributed by atoms with Gasteiger partial charge in [0, 0.05) is 44.3 Å². The molecule has 3 heterocycles. The number of aromatic nitrogens is 3. The van der Waals surface area contributed by atoms with Gasteiger partial charge in [0.25, 0.3) is 0 Å². The number of rotatable bonds is 6. The van der Waals surface area contributed by atoms with Crippen LogP contribution in [-0.4, -0.2) is 39.9 Å². The van der Waals surface area contributed by atoms with E-state index in [1.807, 2.05) is 53.5 Å². The number of piperidine rings is 1. The summed E-state index contributed by atoms with van der Waals surface area (Å²) in [5.41, 5.74) is 2.24. The first kappa shape index (κ1) is 19.0. The summed E-state index contributed by atoms with van der Waals surface area (Å²) in [6, 6.07) is 16.2. The number of nitrogens with one attached hydrogen (secondary N) is 2. The van der Waals surface area contributed by atoms with Crippen molar-refractivity contribution in [1.82, 2.24) is 25.4 Å². The molecule has 2 amide bonds. The van der Waals surface area contributed by atoms with Crippen molar-refractivity contribution in [3.63, 3.8) is 0 Å². The summed E-state index contributed by atoms with van der Waals surface area (Å²) in [5, 5.41) is 10.3. The van der Waals surface area contributed by atoms with Gasteiger partial charge in [-0.3, -0.25) is 4.68 Å². The van der Waals surface area contributed by atoms with Gasteiger partial charge in [0.05, 0.1) is 6.54 Å². The van der Waals surface area contributed by atoms with Crippen LogP contribution in [-0.2, 0) is 13.1 Å². The first-order chi connectivity index (χ1) is 14.3. The Morgan fingerprint density at radius 3 is 2.66 bits per heavy atom. The lowest BCUT2D eigenvalue weighted by molar-refractivity contribution is 0.234. The Labute approximate surface area is 170 Å². The third-order valence-corrected chi connectivity index (χ3v) is 5.15. The molecule has 1 fully saturated rings. The fraction of sp³-hybridized carbons (Fsp3) is 0.318. The van der Waals surface area contributed by atoms with E-state index in [1.54, 1.807) is 6.20 Å². The van der Waals surface area contributed by atoms with E-state index >= 15 is 0 Å². The Morgan fingerprint density at radius 1 is 1.03 bits per heavy atom. The van der Waals surface area contributed by atoms with Crippen LogP contribution < -0.4 is 15.5 Å². The summed E-state index contributed by atoms with van der Waals surface area (Å²) in [7, 11) is 0. The second-order valence-corrected chi connectivity index (χ2v) is 7.30. The molecule has 7 nitrogen and oxygen atoms in total. The van der Waals surface area contributed by atoms with E-state index in [2.05, 4.69) is 37.7 Å². The Morgan fingerprint density at radius 2 is 1.90 bits per heavy atom. The molecule has 0 radical (unpaired) electrons. The van der Waals surface area contributed by atoms with Crippen molar-refractivity contribution in [1.29, 1.82) is 0 Å². The number of carbonyl (C=O) groups is 1. The van der Waals surface area contributed by atoms with Gasteiger partial charge in [0.2, 0.25) is 0 Å². The fourth-order valence-corrected chi connectivity index (χ4v) is 3.63. The summed E-state index contributed by atoms with van der Waals surface area (Å²) in [6.07, 6.45) is 7.37. The molecule has 1 aliphatic rings. The normalized spacial score (nSPS) is 14.6. The van der Waals surface area contributed by atoms with Crippen molar-refractivity contribution in [2.24, 2.45) is 0 Å². The van der Waals surface area contributed by atoms with Crippen molar-refractivity contribution in [3.05, 3.63) is 78.2 Å². The van der Waals surface area contributed by atoms with E-state index in [0.29, 0.717) is 6.54 Å². The molecule has 1 aromatic carbocycles. The van der Waals surface area contributed by atoms with Crippen LogP contribution in [0.5, 0.6) is 0 Å². The second-order valence-electron chi connectivity index (χ2n) is 7.30. The zero-order valence-electron chi connectivity index (χ0n) is 16.4. The van der Waals surface area contributed by atoms with Gasteiger partial charge >= 0.3 is 6.03 Å². The smallest absolute Gasteiger partial charge is 0.315 e. The van der Waals surface area contributed by atoms with Crippen LogP contribution in [0.25, 0.3) is 0 Å². The molecular formula is C22H26N6O. The van der Waals surface area contributed by atoms with Crippen molar-refractivity contribution < 1.29 is 4.79 Å². The molecule has 150 valence electrons. The molecule has 1 saturated heterocycles. The largest absolute Gasteiger partial charge is 0.356 e. The van der Waals surface area contributed by atoms with Crippen LogP contribution in [0.15, 0.2) is 67.1 Å². The van der Waals surface area contributed by atoms with Crippen LogP contribution in [0.4, 0.5) is 10.6 Å². The summed E-state index contributed by atoms with van der Waals surface area (Å²) in [6.45, 7) is 3.03. The Kier molecular flexibility index (Phi) is 6.04. The van der Waals surface area contributed by atoms with Gasteiger partial charge in [-0.05, 0) is 42.2 Å². The molecular weight excluding hydrogens is 364 g/mol. The highest BCUT2D eigenvalue weighted by Crippen LogP contribution is 2.17. The maximum Gasteiger partial charge on any atom is 0.315 e. The van der Waals surface area contributed by atoms with E-state index in [1.165, 1.54) is 0 Å². The zero-order valence-corrected chi connectivity index (χ0v) is 16.4. The molecule has 4 rings (SSSR count). The first-order valence-corrected chi connectivity index (χ1v) is 10.0. The number of benzene rings is 1. The van der Waals surface area contributed by atoms with Gasteiger partial charge in [0.15, 0.2) is 0 Å². The topological polar surface area (TPSA) is 75.1 Å². The number of amides is 2. The number of hydrogen-bond acceptors (Lipinski definition) is 4. The Hall–Kier alpha value is -3.35. The van der Waals surface area contributed by atoms with Crippen molar-refractivity contribution in [2.45, 2.75) is 32.0 Å². The maximum absolute atomic E-state index is 12.3. The van der Waals surface area contributed by atoms with Gasteiger partial charge in [0.1, 0.15) is 5.82 Å². The molecule has 0 aliphatic carbocycles. The molecule has 0 spiro atoms. The van der Waals surface area contributed by atoms with E-state index < -0.39 is 0 Å². The average Bonchev–Trinajstić information content (AvgIpc) is 3.27. The van der Waals surface area contributed by atoms with Gasteiger partial charge in [-0.2, -0.15) is 5.10 Å². The highest BCUT2D eigenvalue weighted by molar-refractivity contribution is 5.74. The molecule has 3 aromatic rings. The molecule has 0 bridgehead atoms. The predicted octanol–water partition coefficient (Wildman–Crippen LogP) is 2.79. The maximum atomic E-state index is 12.3. The second kappa shape index (κ2) is 9.23. The summed E-state index contributed by atoms with van der Waals surface area (Å²) in [4.78, 5) is 19.0. The number of hydrogen-bond donors (Lipinski definition) is 2. The fourth-order valence-electron chi connectivity index (χ4n) is 3.63. The van der Waals surface area contributed by atoms with Crippen molar-refractivity contribution in [3.8, 4) is 0 Å². The van der Waals surface area contributed by atoms with Crippen LogP contribution in [0, 0.1) is 0 Å². The molecule has 2 aromatic heterocycles. The van der Waals surface area contributed by atoms with E-state index in [4.69, 9.17) is 0 Å². The number of carbonyl (C=O) groups excluding carboxylic acids is 1. The molecule has 0 unspecified atom stereocenters. The standard InChI is InChI=1S/C22H26N6O/c29-22(26-20-8-13-27(14-9-20)21-7-1-2-10-23-21)24-16-18-5-3-6-19(15-18)17-28-12-4-11-25-28/h1-7,10-12,15,20H,8-9,13-14,16-17H2,(H2,24,26,29). The monoisotopic (exact) mass is 390 g/mol.